The molecule has 0 aliphatic rings. The highest BCUT2D eigenvalue weighted by atomic mass is 35.5. The first-order valence-electron chi connectivity index (χ1n) is 15.5. The van der Waals surface area contributed by atoms with E-state index in [2.05, 4.69) is 36.5 Å². The highest BCUT2D eigenvalue weighted by Gasteiger charge is 2.32. The molecule has 0 atom stereocenters. The van der Waals surface area contributed by atoms with Crippen LogP contribution < -0.4 is 5.32 Å². The molecule has 0 unspecified atom stereocenters. The summed E-state index contributed by atoms with van der Waals surface area (Å²) in [6.45, 7) is 5.49. The van der Waals surface area contributed by atoms with Gasteiger partial charge in [-0.15, -0.1) is 0 Å². The Balaban J connectivity index is 1.61. The fourth-order valence-corrected chi connectivity index (χ4v) is 5.69. The summed E-state index contributed by atoms with van der Waals surface area (Å²) in [7, 11) is 1.73. The van der Waals surface area contributed by atoms with E-state index in [9.17, 15) is 13.2 Å². The number of halogens is 4. The van der Waals surface area contributed by atoms with Gasteiger partial charge in [0, 0.05) is 32.4 Å². The molecule has 0 bridgehead atoms. The van der Waals surface area contributed by atoms with E-state index >= 15 is 0 Å². The first kappa shape index (κ1) is 35.2. The van der Waals surface area contributed by atoms with Crippen molar-refractivity contribution < 1.29 is 23.0 Å². The molecule has 0 saturated heterocycles. The lowest BCUT2D eigenvalue weighted by atomic mass is 9.94. The van der Waals surface area contributed by atoms with Crippen molar-refractivity contribution in [2.45, 2.75) is 45.8 Å². The molecule has 4 aromatic carbocycles. The average Bonchev–Trinajstić information content (AvgIpc) is 3.03. The van der Waals surface area contributed by atoms with Crippen LogP contribution >= 0.6 is 11.6 Å². The molecule has 4 rings (SSSR count). The van der Waals surface area contributed by atoms with Crippen LogP contribution in [0.15, 0.2) is 72.8 Å². The highest BCUT2D eigenvalue weighted by molar-refractivity contribution is 6.35. The van der Waals surface area contributed by atoms with Crippen molar-refractivity contribution in [3.05, 3.63) is 128 Å². The van der Waals surface area contributed by atoms with Gasteiger partial charge in [-0.3, -0.25) is 0 Å². The summed E-state index contributed by atoms with van der Waals surface area (Å²) in [4.78, 5) is 0. The topological polar surface area (TPSA) is 41.5 Å². The summed E-state index contributed by atoms with van der Waals surface area (Å²) in [5.41, 5.74) is 8.05. The molecule has 0 heterocycles. The number of alkyl halides is 3. The Kier molecular flexibility index (Phi) is 12.8. The van der Waals surface area contributed by atoms with Crippen LogP contribution in [0.3, 0.4) is 0 Å². The fourth-order valence-electron chi connectivity index (χ4n) is 5.40. The number of benzene rings is 4. The van der Waals surface area contributed by atoms with Gasteiger partial charge < -0.3 is 15.2 Å². The Morgan fingerprint density at radius 2 is 1.43 bits per heavy atom. The van der Waals surface area contributed by atoms with E-state index in [1.807, 2.05) is 49.4 Å². The molecular formula is C39H41ClF3NO2. The van der Waals surface area contributed by atoms with Crippen molar-refractivity contribution in [2.24, 2.45) is 0 Å². The molecule has 7 heteroatoms. The molecule has 0 aliphatic carbocycles. The van der Waals surface area contributed by atoms with Gasteiger partial charge in [-0.05, 0) is 95.3 Å². The first-order chi connectivity index (χ1) is 22.1. The van der Waals surface area contributed by atoms with Crippen molar-refractivity contribution in [1.82, 2.24) is 5.32 Å². The summed E-state index contributed by atoms with van der Waals surface area (Å²) in [5, 5.41) is 12.6. The van der Waals surface area contributed by atoms with Gasteiger partial charge >= 0.3 is 6.18 Å². The third kappa shape index (κ3) is 9.43. The number of hydrogen-bond donors (Lipinski definition) is 2. The van der Waals surface area contributed by atoms with Gasteiger partial charge in [0.15, 0.2) is 0 Å². The quantitative estimate of drug-likeness (QED) is 0.106. The Bertz CT molecular complexity index is 1680. The summed E-state index contributed by atoms with van der Waals surface area (Å²) < 4.78 is 46.7. The van der Waals surface area contributed by atoms with Crippen LogP contribution in [0.2, 0.25) is 5.02 Å². The summed E-state index contributed by atoms with van der Waals surface area (Å²) >= 11 is 6.99. The zero-order chi connectivity index (χ0) is 33.1. The van der Waals surface area contributed by atoms with Gasteiger partial charge in [0.2, 0.25) is 0 Å². The molecule has 0 radical (unpaired) electrons. The second-order valence-electron chi connectivity index (χ2n) is 11.4. The van der Waals surface area contributed by atoms with E-state index < -0.39 is 11.7 Å². The number of aliphatic hydroxyl groups excluding tert-OH is 1. The molecule has 0 aromatic heterocycles. The minimum atomic E-state index is -4.49. The van der Waals surface area contributed by atoms with Crippen molar-refractivity contribution in [3.8, 4) is 11.1 Å². The maximum absolute atomic E-state index is 13.8. The number of aryl methyl sites for hydroxylation is 2. The predicted molar refractivity (Wildman–Crippen MR) is 186 cm³/mol. The molecule has 0 amide bonds. The van der Waals surface area contributed by atoms with E-state index in [1.54, 1.807) is 13.2 Å². The van der Waals surface area contributed by atoms with E-state index in [4.69, 9.17) is 21.4 Å². The second kappa shape index (κ2) is 16.8. The van der Waals surface area contributed by atoms with Gasteiger partial charge in [0.25, 0.3) is 0 Å². The lowest BCUT2D eigenvalue weighted by Crippen LogP contribution is -2.18. The summed E-state index contributed by atoms with van der Waals surface area (Å²) in [6.07, 6.45) is 5.96. The lowest BCUT2D eigenvalue weighted by Gasteiger charge is -2.14. The minimum absolute atomic E-state index is 0.0458. The molecule has 3 nitrogen and oxygen atoms in total. The van der Waals surface area contributed by atoms with Gasteiger partial charge in [-0.2, -0.15) is 13.2 Å². The normalized spacial score (nSPS) is 12.1. The third-order valence-electron chi connectivity index (χ3n) is 8.03. The van der Waals surface area contributed by atoms with Crippen molar-refractivity contribution in [2.75, 3.05) is 26.9 Å². The smallest absolute Gasteiger partial charge is 0.395 e. The number of rotatable bonds is 14. The van der Waals surface area contributed by atoms with Crippen LogP contribution in [0.25, 0.3) is 35.4 Å². The second-order valence-corrected chi connectivity index (χ2v) is 11.7. The Hall–Kier alpha value is -3.68. The number of nitrogens with one attached hydrogen (secondary N) is 1. The predicted octanol–water partition coefficient (Wildman–Crippen LogP) is 10.0. The Labute approximate surface area is 275 Å². The van der Waals surface area contributed by atoms with Gasteiger partial charge in [0.1, 0.15) is 0 Å². The molecule has 0 saturated carbocycles. The van der Waals surface area contributed by atoms with Crippen LogP contribution in [0, 0.1) is 13.8 Å². The molecule has 242 valence electrons. The first-order valence-corrected chi connectivity index (χ1v) is 15.8. The van der Waals surface area contributed by atoms with Gasteiger partial charge in [-0.1, -0.05) is 96.6 Å². The van der Waals surface area contributed by atoms with E-state index in [-0.39, 0.29) is 12.2 Å². The summed E-state index contributed by atoms with van der Waals surface area (Å²) in [5.74, 6) is 0. The van der Waals surface area contributed by atoms with Gasteiger partial charge in [0.05, 0.1) is 17.2 Å². The van der Waals surface area contributed by atoms with Crippen molar-refractivity contribution >= 4 is 35.9 Å². The maximum atomic E-state index is 13.8. The van der Waals surface area contributed by atoms with Crippen molar-refractivity contribution in [3.63, 3.8) is 0 Å². The van der Waals surface area contributed by atoms with Crippen LogP contribution in [0.1, 0.15) is 62.9 Å². The number of methoxy groups -OCH3 is 1. The molecule has 0 aliphatic heterocycles. The lowest BCUT2D eigenvalue weighted by molar-refractivity contribution is -0.137. The molecule has 2 N–H and O–H groups in total. The number of ether oxygens (including phenoxy) is 1. The number of unbranched alkanes of at least 4 members (excludes halogenated alkanes) is 1. The fraction of sp³-hybridized carbons (Fsp3) is 0.282. The van der Waals surface area contributed by atoms with E-state index in [0.717, 1.165) is 65.3 Å². The number of hydrogen-bond acceptors (Lipinski definition) is 3. The zero-order valence-corrected chi connectivity index (χ0v) is 27.3. The largest absolute Gasteiger partial charge is 0.416 e. The SMILES string of the molecule is COCCCCc1ccc(C)c(/C=C/c2cccc(-c3cccc(/C=C/c4cc(CNCCO)ccc4C(F)(F)F)c3C)c2Cl)c1. The monoisotopic (exact) mass is 647 g/mol. The molecule has 0 spiro atoms. The third-order valence-corrected chi connectivity index (χ3v) is 8.45. The van der Waals surface area contributed by atoms with Gasteiger partial charge in [-0.25, -0.2) is 0 Å². The minimum Gasteiger partial charge on any atom is -0.395 e. The highest BCUT2D eigenvalue weighted by Crippen LogP contribution is 2.36. The standard InChI is InChI=1S/C39H41ClF3NO2/c1-27-13-14-29(8-4-5-23-46-3)24-33(27)18-17-32-10-7-12-36(38(32)40)35-11-6-9-31(28(35)2)16-19-34-25-30(26-44-21-22-45)15-20-37(34)39(41,42)43/h6-7,9-20,24-25,44-45H,4-5,8,21-23,26H2,1-3H3/b18-17+,19-16+. The molecular weight excluding hydrogens is 607 g/mol. The maximum Gasteiger partial charge on any atom is 0.416 e. The van der Waals surface area contributed by atoms with Crippen LogP contribution in [-0.4, -0.2) is 32.0 Å². The Morgan fingerprint density at radius 3 is 2.17 bits per heavy atom. The zero-order valence-electron chi connectivity index (χ0n) is 26.6. The van der Waals surface area contributed by atoms with Crippen LogP contribution in [0.4, 0.5) is 13.2 Å². The van der Waals surface area contributed by atoms with Crippen LogP contribution in [0.5, 0.6) is 0 Å². The molecule has 0 fully saturated rings. The number of aliphatic hydroxyl groups is 1. The van der Waals surface area contributed by atoms with Crippen molar-refractivity contribution in [1.29, 1.82) is 0 Å². The molecule has 4 aromatic rings. The Morgan fingerprint density at radius 1 is 0.783 bits per heavy atom. The molecule has 46 heavy (non-hydrogen) atoms. The summed E-state index contributed by atoms with van der Waals surface area (Å²) in [6, 6.07) is 22.3. The van der Waals surface area contributed by atoms with E-state index in [1.165, 1.54) is 29.3 Å². The van der Waals surface area contributed by atoms with E-state index in [0.29, 0.717) is 23.7 Å². The van der Waals surface area contributed by atoms with Crippen LogP contribution in [-0.2, 0) is 23.9 Å². The average molecular weight is 648 g/mol.